The Hall–Kier alpha value is -8.41. The Bertz CT molecular complexity index is 3550. The SMILES string of the molecule is c1ccc(-c2ccc(-c3nc(-c4ccccc4)nc(-c4ccccc4)n3)c(-n3c4ccccc4c4ccc(-n5c6ccccc6c6cc(-c7ccccc7)ccc65)cc43)c2)cc1. The predicted octanol–water partition coefficient (Wildman–Crippen LogP) is 14.4. The highest BCUT2D eigenvalue weighted by molar-refractivity contribution is 6.13. The quantitative estimate of drug-likeness (QED) is 0.162. The summed E-state index contributed by atoms with van der Waals surface area (Å²) >= 11 is 0. The van der Waals surface area contributed by atoms with Gasteiger partial charge in [-0.05, 0) is 70.8 Å². The number of hydrogen-bond acceptors (Lipinski definition) is 3. The van der Waals surface area contributed by atoms with Crippen LogP contribution >= 0.6 is 0 Å². The summed E-state index contributed by atoms with van der Waals surface area (Å²) in [4.78, 5) is 15.5. The van der Waals surface area contributed by atoms with Crippen LogP contribution in [-0.4, -0.2) is 24.1 Å². The largest absolute Gasteiger partial charge is 0.309 e. The number of aromatic nitrogens is 5. The summed E-state index contributed by atoms with van der Waals surface area (Å²) in [7, 11) is 0. The molecule has 5 nitrogen and oxygen atoms in total. The lowest BCUT2D eigenvalue weighted by atomic mass is 10.0. The zero-order valence-corrected chi connectivity index (χ0v) is 33.6. The standard InChI is InChI=1S/C57H37N5/c1-5-17-38(18-6-1)42-30-34-52-49(35-42)46-26-14-15-27-50(46)61(52)44-31-33-47-45-25-13-16-28-51(45)62(54(47)37-44)53-36-43(39-19-7-2-8-20-39)29-32-48(53)57-59-55(40-21-9-3-10-22-40)58-56(60-57)41-23-11-4-12-24-41/h1-37H. The fourth-order valence-corrected chi connectivity index (χ4v) is 9.06. The average molecular weight is 792 g/mol. The number of rotatable bonds is 7. The van der Waals surface area contributed by atoms with E-state index in [1.807, 2.05) is 36.4 Å². The van der Waals surface area contributed by atoms with E-state index >= 15 is 0 Å². The van der Waals surface area contributed by atoms with Gasteiger partial charge < -0.3 is 9.13 Å². The summed E-state index contributed by atoms with van der Waals surface area (Å²) < 4.78 is 4.82. The highest BCUT2D eigenvalue weighted by Crippen LogP contribution is 2.41. The Labute approximate surface area is 358 Å². The zero-order valence-electron chi connectivity index (χ0n) is 33.6. The van der Waals surface area contributed by atoms with Crippen LogP contribution in [0.2, 0.25) is 0 Å². The summed E-state index contributed by atoms with van der Waals surface area (Å²) in [5.74, 6) is 1.85. The molecule has 62 heavy (non-hydrogen) atoms. The molecule has 0 unspecified atom stereocenters. The van der Waals surface area contributed by atoms with E-state index in [0.29, 0.717) is 17.5 Å². The normalized spacial score (nSPS) is 11.5. The van der Waals surface area contributed by atoms with E-state index < -0.39 is 0 Å². The van der Waals surface area contributed by atoms with Gasteiger partial charge in [-0.25, -0.2) is 15.0 Å². The maximum absolute atomic E-state index is 5.25. The Kier molecular flexibility index (Phi) is 8.42. The van der Waals surface area contributed by atoms with Gasteiger partial charge in [0, 0.05) is 43.9 Å². The fraction of sp³-hybridized carbons (Fsp3) is 0. The molecule has 0 spiro atoms. The molecular formula is C57H37N5. The number of hydrogen-bond donors (Lipinski definition) is 0. The minimum atomic E-state index is 0.603. The summed E-state index contributed by atoms with van der Waals surface area (Å²) in [5, 5.41) is 4.78. The minimum absolute atomic E-state index is 0.603. The third kappa shape index (κ3) is 5.98. The Balaban J connectivity index is 1.13. The van der Waals surface area contributed by atoms with Crippen LogP contribution in [0.4, 0.5) is 0 Å². The fourth-order valence-electron chi connectivity index (χ4n) is 9.06. The third-order valence-electron chi connectivity index (χ3n) is 12.0. The van der Waals surface area contributed by atoms with Crippen LogP contribution in [0.25, 0.3) is 111 Å². The lowest BCUT2D eigenvalue weighted by molar-refractivity contribution is 1.06. The monoisotopic (exact) mass is 791 g/mol. The molecule has 3 aromatic heterocycles. The van der Waals surface area contributed by atoms with Crippen molar-refractivity contribution in [1.29, 1.82) is 0 Å². The summed E-state index contributed by atoms with van der Waals surface area (Å²) in [5.41, 5.74) is 14.0. The van der Waals surface area contributed by atoms with Gasteiger partial charge in [0.2, 0.25) is 0 Å². The molecule has 9 aromatic carbocycles. The molecule has 0 aliphatic carbocycles. The molecular weight excluding hydrogens is 755 g/mol. The number of fused-ring (bicyclic) bond motifs is 6. The van der Waals surface area contributed by atoms with Crippen molar-refractivity contribution in [3.63, 3.8) is 0 Å². The van der Waals surface area contributed by atoms with Crippen molar-refractivity contribution < 1.29 is 0 Å². The zero-order chi connectivity index (χ0) is 41.0. The molecule has 0 radical (unpaired) electrons. The third-order valence-corrected chi connectivity index (χ3v) is 12.0. The molecule has 0 fully saturated rings. The topological polar surface area (TPSA) is 48.5 Å². The molecule has 290 valence electrons. The first kappa shape index (κ1) is 35.5. The molecule has 0 saturated carbocycles. The summed E-state index contributed by atoms with van der Waals surface area (Å²) in [6, 6.07) is 79.4. The Morgan fingerprint density at radius 2 is 0.710 bits per heavy atom. The van der Waals surface area contributed by atoms with Crippen LogP contribution in [-0.2, 0) is 0 Å². The van der Waals surface area contributed by atoms with Crippen LogP contribution in [0.3, 0.4) is 0 Å². The first-order valence-electron chi connectivity index (χ1n) is 20.9. The smallest absolute Gasteiger partial charge is 0.166 e. The number of benzene rings is 9. The van der Waals surface area contributed by atoms with Crippen molar-refractivity contribution in [2.45, 2.75) is 0 Å². The van der Waals surface area contributed by atoms with Crippen LogP contribution in [0.15, 0.2) is 224 Å². The number of para-hydroxylation sites is 2. The minimum Gasteiger partial charge on any atom is -0.309 e. The van der Waals surface area contributed by atoms with Gasteiger partial charge >= 0.3 is 0 Å². The van der Waals surface area contributed by atoms with Gasteiger partial charge in [-0.2, -0.15) is 0 Å². The predicted molar refractivity (Wildman–Crippen MR) is 256 cm³/mol. The van der Waals surface area contributed by atoms with Gasteiger partial charge in [-0.3, -0.25) is 0 Å². The van der Waals surface area contributed by atoms with E-state index in [2.05, 4.69) is 197 Å². The molecule has 3 heterocycles. The van der Waals surface area contributed by atoms with E-state index in [1.54, 1.807) is 0 Å². The summed E-state index contributed by atoms with van der Waals surface area (Å²) in [6.07, 6.45) is 0. The van der Waals surface area contributed by atoms with Gasteiger partial charge in [-0.1, -0.05) is 176 Å². The second kappa shape index (κ2) is 14.7. The molecule has 0 aliphatic heterocycles. The van der Waals surface area contributed by atoms with Crippen molar-refractivity contribution in [2.24, 2.45) is 0 Å². The van der Waals surface area contributed by atoms with E-state index in [-0.39, 0.29) is 0 Å². The van der Waals surface area contributed by atoms with Crippen LogP contribution in [0, 0.1) is 0 Å². The van der Waals surface area contributed by atoms with Crippen molar-refractivity contribution >= 4 is 43.6 Å². The van der Waals surface area contributed by atoms with Gasteiger partial charge in [0.25, 0.3) is 0 Å². The first-order valence-corrected chi connectivity index (χ1v) is 20.9. The molecule has 12 aromatic rings. The highest BCUT2D eigenvalue weighted by Gasteiger charge is 2.22. The Morgan fingerprint density at radius 1 is 0.258 bits per heavy atom. The van der Waals surface area contributed by atoms with E-state index in [9.17, 15) is 0 Å². The maximum Gasteiger partial charge on any atom is 0.166 e. The van der Waals surface area contributed by atoms with Crippen LogP contribution < -0.4 is 0 Å². The van der Waals surface area contributed by atoms with Crippen molar-refractivity contribution in [2.75, 3.05) is 0 Å². The summed E-state index contributed by atoms with van der Waals surface area (Å²) in [6.45, 7) is 0. The first-order chi connectivity index (χ1) is 30.7. The molecule has 0 aliphatic rings. The van der Waals surface area contributed by atoms with Gasteiger partial charge in [0.1, 0.15) is 0 Å². The average Bonchev–Trinajstić information content (AvgIpc) is 3.87. The van der Waals surface area contributed by atoms with Gasteiger partial charge in [0.05, 0.1) is 27.8 Å². The number of nitrogens with zero attached hydrogens (tertiary/aromatic N) is 5. The molecule has 5 heteroatoms. The van der Waals surface area contributed by atoms with Crippen molar-refractivity contribution in [1.82, 2.24) is 24.1 Å². The van der Waals surface area contributed by atoms with E-state index in [1.165, 1.54) is 27.3 Å². The van der Waals surface area contributed by atoms with E-state index in [0.717, 1.165) is 66.6 Å². The Morgan fingerprint density at radius 3 is 1.32 bits per heavy atom. The maximum atomic E-state index is 5.25. The van der Waals surface area contributed by atoms with Crippen molar-refractivity contribution in [3.8, 4) is 67.8 Å². The van der Waals surface area contributed by atoms with E-state index in [4.69, 9.17) is 15.0 Å². The van der Waals surface area contributed by atoms with Crippen molar-refractivity contribution in [3.05, 3.63) is 224 Å². The molecule has 0 bridgehead atoms. The van der Waals surface area contributed by atoms with Crippen LogP contribution in [0.1, 0.15) is 0 Å². The molecule has 0 N–H and O–H groups in total. The van der Waals surface area contributed by atoms with Gasteiger partial charge in [-0.15, -0.1) is 0 Å². The van der Waals surface area contributed by atoms with Gasteiger partial charge in [0.15, 0.2) is 17.5 Å². The molecule has 12 rings (SSSR count). The van der Waals surface area contributed by atoms with Crippen LogP contribution in [0.5, 0.6) is 0 Å². The highest BCUT2D eigenvalue weighted by atomic mass is 15.1. The second-order valence-electron chi connectivity index (χ2n) is 15.6. The molecule has 0 amide bonds. The second-order valence-corrected chi connectivity index (χ2v) is 15.6. The lowest BCUT2D eigenvalue weighted by Gasteiger charge is -2.17. The molecule has 0 saturated heterocycles. The molecule has 0 atom stereocenters. The lowest BCUT2D eigenvalue weighted by Crippen LogP contribution is -2.04.